The first-order valence-electron chi connectivity index (χ1n) is 16.9. The second-order valence-corrected chi connectivity index (χ2v) is 13.8. The van der Waals surface area contributed by atoms with Gasteiger partial charge in [-0.3, -0.25) is 4.57 Å². The summed E-state index contributed by atoms with van der Waals surface area (Å²) in [5.74, 6) is 1.86. The van der Waals surface area contributed by atoms with Crippen molar-refractivity contribution in [3.63, 3.8) is 0 Å². The van der Waals surface area contributed by atoms with Gasteiger partial charge in [-0.2, -0.15) is 9.97 Å². The number of thiophene rings is 1. The van der Waals surface area contributed by atoms with Gasteiger partial charge in [-0.25, -0.2) is 4.98 Å². The van der Waals surface area contributed by atoms with Crippen LogP contribution < -0.4 is 0 Å². The first kappa shape index (κ1) is 28.2. The second kappa shape index (κ2) is 10.9. The number of nitrogens with zero attached hydrogens (tertiary/aromatic N) is 4. The zero-order valence-corrected chi connectivity index (χ0v) is 27.9. The minimum absolute atomic E-state index is 0.579. The number of fused-ring (bicyclic) bond motifs is 9. The van der Waals surface area contributed by atoms with Crippen LogP contribution in [0.3, 0.4) is 0 Å². The van der Waals surface area contributed by atoms with E-state index < -0.39 is 0 Å². The van der Waals surface area contributed by atoms with Gasteiger partial charge in [0.05, 0.1) is 11.0 Å². The van der Waals surface area contributed by atoms with E-state index in [1.54, 1.807) is 11.3 Å². The highest BCUT2D eigenvalue weighted by atomic mass is 32.1. The third-order valence-electron chi connectivity index (χ3n) is 9.89. The van der Waals surface area contributed by atoms with Crippen LogP contribution in [0.1, 0.15) is 0 Å². The van der Waals surface area contributed by atoms with E-state index in [4.69, 9.17) is 19.4 Å². The third-order valence-corrected chi connectivity index (χ3v) is 11.1. The van der Waals surface area contributed by atoms with Crippen molar-refractivity contribution in [2.24, 2.45) is 0 Å². The van der Waals surface area contributed by atoms with E-state index in [0.717, 1.165) is 66.0 Å². The topological polar surface area (TPSA) is 56.7 Å². The number of hydrogen-bond donors (Lipinski definition) is 0. The molecule has 0 N–H and O–H groups in total. The first-order chi connectivity index (χ1) is 25.3. The molecule has 0 spiro atoms. The number of aromatic nitrogens is 4. The van der Waals surface area contributed by atoms with Gasteiger partial charge in [0.1, 0.15) is 11.2 Å². The minimum atomic E-state index is 0.579. The van der Waals surface area contributed by atoms with Crippen LogP contribution in [0, 0.1) is 0 Å². The SMILES string of the molecule is c1ccc(-c2nc(-c3cccc4c3sc3ccccc34)nc(-n3c4ccccc4c4cc(-c5cccc6c5oc5ccccc56)ccc43)n2)cc1. The molecule has 4 aromatic heterocycles. The van der Waals surface area contributed by atoms with E-state index in [1.165, 1.54) is 20.2 Å². The van der Waals surface area contributed by atoms with Crippen LogP contribution in [0.25, 0.3) is 104 Å². The first-order valence-corrected chi connectivity index (χ1v) is 17.8. The molecule has 0 aliphatic rings. The molecule has 11 aromatic rings. The maximum Gasteiger partial charge on any atom is 0.238 e. The average molecular weight is 671 g/mol. The monoisotopic (exact) mass is 670 g/mol. The zero-order valence-electron chi connectivity index (χ0n) is 27.1. The number of benzene rings is 7. The summed E-state index contributed by atoms with van der Waals surface area (Å²) in [6, 6.07) is 54.9. The Morgan fingerprint density at radius 1 is 0.451 bits per heavy atom. The van der Waals surface area contributed by atoms with Gasteiger partial charge in [0.2, 0.25) is 5.95 Å². The summed E-state index contributed by atoms with van der Waals surface area (Å²) < 4.78 is 11.0. The Balaban J connectivity index is 1.16. The molecular formula is C45H26N4OS. The van der Waals surface area contributed by atoms with E-state index in [-0.39, 0.29) is 0 Å². The van der Waals surface area contributed by atoms with Crippen LogP contribution in [-0.2, 0) is 0 Å². The van der Waals surface area contributed by atoms with Crippen LogP contribution in [0.5, 0.6) is 0 Å². The number of hydrogen-bond acceptors (Lipinski definition) is 5. The van der Waals surface area contributed by atoms with Gasteiger partial charge in [0, 0.05) is 58.4 Å². The van der Waals surface area contributed by atoms with E-state index in [1.807, 2.05) is 30.3 Å². The molecule has 0 fully saturated rings. The van der Waals surface area contributed by atoms with E-state index in [9.17, 15) is 0 Å². The molecule has 0 saturated heterocycles. The van der Waals surface area contributed by atoms with Gasteiger partial charge >= 0.3 is 0 Å². The van der Waals surface area contributed by atoms with E-state index in [2.05, 4.69) is 132 Å². The summed E-state index contributed by atoms with van der Waals surface area (Å²) in [7, 11) is 0. The van der Waals surface area contributed by atoms with E-state index in [0.29, 0.717) is 17.6 Å². The highest BCUT2D eigenvalue weighted by molar-refractivity contribution is 7.26. The van der Waals surface area contributed by atoms with Crippen molar-refractivity contribution in [3.05, 3.63) is 158 Å². The summed E-state index contributed by atoms with van der Waals surface area (Å²) in [5, 5.41) is 6.93. The smallest absolute Gasteiger partial charge is 0.238 e. The predicted octanol–water partition coefficient (Wildman–Crippen LogP) is 12.2. The molecule has 51 heavy (non-hydrogen) atoms. The van der Waals surface area contributed by atoms with Crippen molar-refractivity contribution in [3.8, 4) is 39.9 Å². The highest BCUT2D eigenvalue weighted by Crippen LogP contribution is 2.41. The van der Waals surface area contributed by atoms with Crippen molar-refractivity contribution in [2.75, 3.05) is 0 Å². The van der Waals surface area contributed by atoms with Crippen LogP contribution in [0.2, 0.25) is 0 Å². The summed E-state index contributed by atoms with van der Waals surface area (Å²) in [6.45, 7) is 0. The lowest BCUT2D eigenvalue weighted by molar-refractivity contribution is 0.670. The lowest BCUT2D eigenvalue weighted by Crippen LogP contribution is -2.06. The molecule has 6 heteroatoms. The molecule has 0 amide bonds. The van der Waals surface area contributed by atoms with Gasteiger partial charge in [-0.1, -0.05) is 121 Å². The molecule has 0 aliphatic heterocycles. The zero-order chi connectivity index (χ0) is 33.5. The quantitative estimate of drug-likeness (QED) is 0.187. The maximum atomic E-state index is 6.44. The molecule has 7 aromatic carbocycles. The molecule has 0 atom stereocenters. The Kier molecular flexibility index (Phi) is 6.05. The molecule has 0 radical (unpaired) electrons. The molecule has 5 nitrogen and oxygen atoms in total. The van der Waals surface area contributed by atoms with Gasteiger partial charge in [-0.15, -0.1) is 11.3 Å². The largest absolute Gasteiger partial charge is 0.455 e. The van der Waals surface area contributed by atoms with Gasteiger partial charge < -0.3 is 4.42 Å². The van der Waals surface area contributed by atoms with Crippen LogP contribution in [0.15, 0.2) is 162 Å². The molecule has 4 heterocycles. The van der Waals surface area contributed by atoms with Crippen molar-refractivity contribution in [2.45, 2.75) is 0 Å². The fourth-order valence-corrected chi connectivity index (χ4v) is 8.77. The van der Waals surface area contributed by atoms with Crippen molar-refractivity contribution < 1.29 is 4.42 Å². The Morgan fingerprint density at radius 2 is 1.14 bits per heavy atom. The third kappa shape index (κ3) is 4.30. The standard InChI is InChI=1S/C45H26N4OS/c1-2-12-27(13-3-1)43-46-44(35-20-11-19-34-32-16-6-9-23-40(32)51-42(34)35)48-45(47-43)49-37-21-7-4-14-30(37)36-26-28(24-25-38(36)49)29-17-10-18-33-31-15-5-8-22-39(31)50-41(29)33/h1-26H. The molecule has 0 aliphatic carbocycles. The van der Waals surface area contributed by atoms with Crippen LogP contribution in [0.4, 0.5) is 0 Å². The maximum absolute atomic E-state index is 6.44. The average Bonchev–Trinajstić information content (AvgIpc) is 3.87. The van der Waals surface area contributed by atoms with Gasteiger partial charge in [0.15, 0.2) is 11.6 Å². The predicted molar refractivity (Wildman–Crippen MR) is 211 cm³/mol. The summed E-state index contributed by atoms with van der Waals surface area (Å²) in [6.07, 6.45) is 0. The van der Waals surface area contributed by atoms with Crippen molar-refractivity contribution in [1.29, 1.82) is 0 Å². The lowest BCUT2D eigenvalue weighted by atomic mass is 10.0. The lowest BCUT2D eigenvalue weighted by Gasteiger charge is -2.11. The second-order valence-electron chi connectivity index (χ2n) is 12.8. The Hall–Kier alpha value is -6.63. The summed E-state index contributed by atoms with van der Waals surface area (Å²) in [4.78, 5) is 15.6. The minimum Gasteiger partial charge on any atom is -0.455 e. The summed E-state index contributed by atoms with van der Waals surface area (Å²) in [5.41, 5.74) is 7.93. The molecule has 0 bridgehead atoms. The number of furan rings is 1. The molecule has 0 saturated carbocycles. The normalized spacial score (nSPS) is 11.9. The molecule has 238 valence electrons. The molecular weight excluding hydrogens is 645 g/mol. The number of para-hydroxylation sites is 3. The van der Waals surface area contributed by atoms with Crippen LogP contribution >= 0.6 is 11.3 Å². The van der Waals surface area contributed by atoms with Crippen molar-refractivity contribution >= 4 is 75.3 Å². The Bertz CT molecular complexity index is 3150. The van der Waals surface area contributed by atoms with Gasteiger partial charge in [0.25, 0.3) is 0 Å². The molecule has 0 unspecified atom stereocenters. The van der Waals surface area contributed by atoms with Crippen molar-refractivity contribution in [1.82, 2.24) is 19.5 Å². The van der Waals surface area contributed by atoms with E-state index >= 15 is 0 Å². The number of rotatable bonds is 4. The Morgan fingerprint density at radius 3 is 2.04 bits per heavy atom. The fourth-order valence-electron chi connectivity index (χ4n) is 7.56. The van der Waals surface area contributed by atoms with Gasteiger partial charge in [-0.05, 0) is 42.0 Å². The fraction of sp³-hybridized carbons (Fsp3) is 0. The van der Waals surface area contributed by atoms with Crippen LogP contribution in [-0.4, -0.2) is 19.5 Å². The Labute approximate surface area is 295 Å². The highest BCUT2D eigenvalue weighted by Gasteiger charge is 2.21. The summed E-state index contributed by atoms with van der Waals surface area (Å²) >= 11 is 1.78. The molecule has 11 rings (SSSR count).